The maximum atomic E-state index is 11.3. The summed E-state index contributed by atoms with van der Waals surface area (Å²) in [7, 11) is 0. The summed E-state index contributed by atoms with van der Waals surface area (Å²) in [6, 6.07) is -0.0500. The summed E-state index contributed by atoms with van der Waals surface area (Å²) in [6.07, 6.45) is 0.556. The number of carbonyl (C=O) groups is 1. The van der Waals surface area contributed by atoms with Crippen molar-refractivity contribution in [3.63, 3.8) is 0 Å². The Bertz CT molecular complexity index is 182. The molecule has 4 heteroatoms. The van der Waals surface area contributed by atoms with Crippen LogP contribution >= 0.6 is 0 Å². The van der Waals surface area contributed by atoms with Gasteiger partial charge < -0.3 is 15.3 Å². The van der Waals surface area contributed by atoms with Crippen molar-refractivity contribution in [2.45, 2.75) is 26.4 Å². The minimum atomic E-state index is -0.413. The highest BCUT2D eigenvalue weighted by Gasteiger charge is 2.21. The molecule has 0 aliphatic carbocycles. The van der Waals surface area contributed by atoms with Crippen LogP contribution in [-0.4, -0.2) is 41.8 Å². The lowest BCUT2D eigenvalue weighted by Crippen LogP contribution is -2.49. The van der Waals surface area contributed by atoms with Crippen molar-refractivity contribution in [1.82, 2.24) is 10.2 Å². The van der Waals surface area contributed by atoms with Gasteiger partial charge in [0.25, 0.3) is 0 Å². The fourth-order valence-electron chi connectivity index (χ4n) is 1.29. The molecule has 1 aliphatic rings. The van der Waals surface area contributed by atoms with Gasteiger partial charge in [0.15, 0.2) is 0 Å². The number of urea groups is 1. The molecule has 1 rings (SSSR count). The molecule has 1 saturated heterocycles. The molecule has 1 unspecified atom stereocenters. The first-order valence-electron chi connectivity index (χ1n) is 4.82. The van der Waals surface area contributed by atoms with Crippen LogP contribution in [0.2, 0.25) is 0 Å². The van der Waals surface area contributed by atoms with Gasteiger partial charge in [-0.15, -0.1) is 0 Å². The van der Waals surface area contributed by atoms with Crippen LogP contribution in [0.3, 0.4) is 0 Å². The minimum absolute atomic E-state index is 0.0500. The molecule has 1 fully saturated rings. The van der Waals surface area contributed by atoms with Crippen molar-refractivity contribution in [2.24, 2.45) is 5.92 Å². The minimum Gasteiger partial charge on any atom is -0.391 e. The normalized spacial score (nSPS) is 20.3. The van der Waals surface area contributed by atoms with Gasteiger partial charge in [0.2, 0.25) is 0 Å². The van der Waals surface area contributed by atoms with Gasteiger partial charge in [-0.25, -0.2) is 4.79 Å². The Hall–Kier alpha value is -0.770. The van der Waals surface area contributed by atoms with E-state index in [4.69, 9.17) is 0 Å². The van der Waals surface area contributed by atoms with E-state index < -0.39 is 6.10 Å². The summed E-state index contributed by atoms with van der Waals surface area (Å²) in [5.74, 6) is 0.203. The zero-order chi connectivity index (χ0) is 9.84. The summed E-state index contributed by atoms with van der Waals surface area (Å²) < 4.78 is 0. The van der Waals surface area contributed by atoms with E-state index in [1.807, 2.05) is 13.8 Å². The molecular formula is C9H18N2O2. The second-order valence-electron chi connectivity index (χ2n) is 3.84. The lowest BCUT2D eigenvalue weighted by molar-refractivity contribution is 0.0817. The Morgan fingerprint density at radius 2 is 2.31 bits per heavy atom. The van der Waals surface area contributed by atoms with E-state index in [2.05, 4.69) is 5.32 Å². The quantitative estimate of drug-likeness (QED) is 0.671. The van der Waals surface area contributed by atoms with Crippen molar-refractivity contribution >= 4 is 6.03 Å². The van der Waals surface area contributed by atoms with Crippen molar-refractivity contribution in [1.29, 1.82) is 0 Å². The topological polar surface area (TPSA) is 52.6 Å². The molecular weight excluding hydrogens is 168 g/mol. The van der Waals surface area contributed by atoms with Crippen LogP contribution in [0, 0.1) is 5.92 Å². The number of nitrogens with one attached hydrogen (secondary N) is 1. The van der Waals surface area contributed by atoms with Crippen LogP contribution in [-0.2, 0) is 0 Å². The lowest BCUT2D eigenvalue weighted by atomic mass is 10.1. The highest BCUT2D eigenvalue weighted by molar-refractivity contribution is 5.74. The van der Waals surface area contributed by atoms with Crippen molar-refractivity contribution in [3.8, 4) is 0 Å². The molecule has 0 bridgehead atoms. The second kappa shape index (κ2) is 4.46. The number of β-amino-alcohol motifs (C(OH)–C–C–N with tert-alkyl or cyclic N) is 1. The lowest BCUT2D eigenvalue weighted by Gasteiger charge is -2.30. The molecule has 0 aromatic heterocycles. The Balaban J connectivity index is 2.38. The fourth-order valence-corrected chi connectivity index (χ4v) is 1.29. The van der Waals surface area contributed by atoms with Gasteiger partial charge in [-0.3, -0.25) is 0 Å². The van der Waals surface area contributed by atoms with Gasteiger partial charge in [-0.1, -0.05) is 13.8 Å². The van der Waals surface area contributed by atoms with Gasteiger partial charge in [0, 0.05) is 19.6 Å². The Morgan fingerprint density at radius 3 is 2.85 bits per heavy atom. The Kier molecular flexibility index (Phi) is 3.54. The predicted molar refractivity (Wildman–Crippen MR) is 50.4 cm³/mol. The summed E-state index contributed by atoms with van der Waals surface area (Å²) in [5, 5.41) is 12.3. The first kappa shape index (κ1) is 10.3. The third-order valence-corrected chi connectivity index (χ3v) is 2.35. The number of hydrogen-bond acceptors (Lipinski definition) is 2. The zero-order valence-corrected chi connectivity index (χ0v) is 8.29. The van der Waals surface area contributed by atoms with Crippen LogP contribution in [0.15, 0.2) is 0 Å². The van der Waals surface area contributed by atoms with E-state index in [1.54, 1.807) is 4.90 Å². The molecule has 2 amide bonds. The van der Waals surface area contributed by atoms with Crippen LogP contribution < -0.4 is 5.32 Å². The zero-order valence-electron chi connectivity index (χ0n) is 8.29. The summed E-state index contributed by atoms with van der Waals surface area (Å²) in [4.78, 5) is 12.9. The summed E-state index contributed by atoms with van der Waals surface area (Å²) >= 11 is 0. The van der Waals surface area contributed by atoms with Crippen molar-refractivity contribution < 1.29 is 9.90 Å². The van der Waals surface area contributed by atoms with Gasteiger partial charge >= 0.3 is 6.03 Å². The average Bonchev–Trinajstić information content (AvgIpc) is 2.08. The third kappa shape index (κ3) is 2.88. The van der Waals surface area contributed by atoms with Crippen LogP contribution in [0.5, 0.6) is 0 Å². The molecule has 0 aromatic carbocycles. The monoisotopic (exact) mass is 186 g/mol. The number of aliphatic hydroxyl groups excluding tert-OH is 1. The van der Waals surface area contributed by atoms with Gasteiger partial charge in [0.1, 0.15) is 0 Å². The highest BCUT2D eigenvalue weighted by atomic mass is 16.3. The number of hydrogen-bond donors (Lipinski definition) is 2. The molecule has 0 spiro atoms. The van der Waals surface area contributed by atoms with Gasteiger partial charge in [-0.2, -0.15) is 0 Å². The molecule has 4 nitrogen and oxygen atoms in total. The molecule has 0 saturated carbocycles. The molecule has 0 radical (unpaired) electrons. The Morgan fingerprint density at radius 1 is 1.62 bits per heavy atom. The number of amides is 2. The van der Waals surface area contributed by atoms with E-state index in [-0.39, 0.29) is 11.9 Å². The molecule has 1 heterocycles. The first-order valence-corrected chi connectivity index (χ1v) is 4.82. The van der Waals surface area contributed by atoms with E-state index in [9.17, 15) is 9.90 Å². The summed E-state index contributed by atoms with van der Waals surface area (Å²) in [5.41, 5.74) is 0. The molecule has 0 aromatic rings. The number of carbonyl (C=O) groups excluding carboxylic acids is 1. The third-order valence-electron chi connectivity index (χ3n) is 2.35. The van der Waals surface area contributed by atoms with Gasteiger partial charge in [-0.05, 0) is 12.3 Å². The molecule has 13 heavy (non-hydrogen) atoms. The predicted octanol–water partition coefficient (Wildman–Crippen LogP) is 0.419. The summed E-state index contributed by atoms with van der Waals surface area (Å²) in [6.45, 7) is 5.87. The number of rotatable bonds is 3. The number of nitrogens with zero attached hydrogens (tertiary/aromatic N) is 1. The first-order chi connectivity index (χ1) is 6.11. The standard InChI is InChI=1S/C9H18N2O2/c1-7(2)8(12)6-11-5-3-4-10-9(11)13/h7-8,12H,3-6H2,1-2H3,(H,10,13). The van der Waals surface area contributed by atoms with E-state index >= 15 is 0 Å². The molecule has 2 N–H and O–H groups in total. The molecule has 1 atom stereocenters. The maximum Gasteiger partial charge on any atom is 0.317 e. The highest BCUT2D eigenvalue weighted by Crippen LogP contribution is 2.06. The molecule has 76 valence electrons. The SMILES string of the molecule is CC(C)C(O)CN1CCCNC1=O. The maximum absolute atomic E-state index is 11.3. The fraction of sp³-hybridized carbons (Fsp3) is 0.889. The Labute approximate surface area is 78.9 Å². The smallest absolute Gasteiger partial charge is 0.317 e. The number of aliphatic hydroxyl groups is 1. The molecule has 1 aliphatic heterocycles. The average molecular weight is 186 g/mol. The van der Waals surface area contributed by atoms with E-state index in [0.29, 0.717) is 6.54 Å². The van der Waals surface area contributed by atoms with Crippen molar-refractivity contribution in [2.75, 3.05) is 19.6 Å². The van der Waals surface area contributed by atoms with E-state index in [1.165, 1.54) is 0 Å². The second-order valence-corrected chi connectivity index (χ2v) is 3.84. The van der Waals surface area contributed by atoms with E-state index in [0.717, 1.165) is 19.5 Å². The van der Waals surface area contributed by atoms with Crippen molar-refractivity contribution in [3.05, 3.63) is 0 Å². The van der Waals surface area contributed by atoms with Gasteiger partial charge in [0.05, 0.1) is 6.10 Å². The van der Waals surface area contributed by atoms with Crippen LogP contribution in [0.1, 0.15) is 20.3 Å². The van der Waals surface area contributed by atoms with Crippen LogP contribution in [0.4, 0.5) is 4.79 Å². The largest absolute Gasteiger partial charge is 0.391 e. The van der Waals surface area contributed by atoms with Crippen LogP contribution in [0.25, 0.3) is 0 Å².